The van der Waals surface area contributed by atoms with Crippen LogP contribution in [0.1, 0.15) is 17.3 Å². The molecule has 7 heteroatoms. The van der Waals surface area contributed by atoms with E-state index >= 15 is 0 Å². The highest BCUT2D eigenvalue weighted by Crippen LogP contribution is 2.23. The number of amides is 1. The van der Waals surface area contributed by atoms with Crippen molar-refractivity contribution >= 4 is 26.8 Å². The molecule has 0 fully saturated rings. The van der Waals surface area contributed by atoms with Gasteiger partial charge in [0.1, 0.15) is 5.82 Å². The summed E-state index contributed by atoms with van der Waals surface area (Å²) < 4.78 is 24.0. The van der Waals surface area contributed by atoms with Crippen molar-refractivity contribution in [2.24, 2.45) is 0 Å². The number of fused-ring (bicyclic) bond motifs is 1. The number of nitrogens with one attached hydrogen (secondary N) is 2. The number of carbonyl (C=O) groups excluding carboxylic acids is 1. The van der Waals surface area contributed by atoms with Crippen LogP contribution in [0.25, 0.3) is 22.4 Å². The second kappa shape index (κ2) is 6.09. The third-order valence-electron chi connectivity index (χ3n) is 3.84. The van der Waals surface area contributed by atoms with Gasteiger partial charge in [-0.2, -0.15) is 0 Å². The Bertz CT molecular complexity index is 1010. The third-order valence-corrected chi connectivity index (χ3v) is 5.57. The molecule has 0 atom stereocenters. The van der Waals surface area contributed by atoms with Crippen LogP contribution in [-0.4, -0.2) is 37.1 Å². The highest BCUT2D eigenvalue weighted by Gasteiger charge is 2.14. The lowest BCUT2D eigenvalue weighted by atomic mass is 10.1. The molecule has 124 valence electrons. The fraction of sp³-hybridized carbons (Fsp3) is 0.176. The fourth-order valence-corrected chi connectivity index (χ4v) is 3.32. The number of aromatic nitrogens is 2. The van der Waals surface area contributed by atoms with Crippen LogP contribution < -0.4 is 5.32 Å². The number of rotatable bonds is 4. The van der Waals surface area contributed by atoms with E-state index in [9.17, 15) is 13.2 Å². The Hall–Kier alpha value is -2.67. The number of aromatic amines is 1. The Balaban J connectivity index is 2.00. The van der Waals surface area contributed by atoms with Gasteiger partial charge in [0, 0.05) is 18.2 Å². The van der Waals surface area contributed by atoms with Crippen LogP contribution in [0.4, 0.5) is 0 Å². The Kier molecular flexibility index (Phi) is 4.11. The van der Waals surface area contributed by atoms with Crippen molar-refractivity contribution in [2.75, 3.05) is 12.8 Å². The highest BCUT2D eigenvalue weighted by atomic mass is 32.2. The largest absolute Gasteiger partial charge is 0.355 e. The second-order valence-corrected chi connectivity index (χ2v) is 7.60. The molecule has 0 saturated heterocycles. The van der Waals surface area contributed by atoms with Gasteiger partial charge < -0.3 is 10.3 Å². The Morgan fingerprint density at radius 2 is 1.88 bits per heavy atom. The maximum Gasteiger partial charge on any atom is 0.251 e. The molecule has 6 nitrogen and oxygen atoms in total. The molecule has 0 aliphatic rings. The summed E-state index contributed by atoms with van der Waals surface area (Å²) in [5.41, 5.74) is 2.73. The summed E-state index contributed by atoms with van der Waals surface area (Å²) in [5, 5.41) is 2.57. The predicted octanol–water partition coefficient (Wildman–Crippen LogP) is 2.38. The van der Waals surface area contributed by atoms with Crippen LogP contribution in [0.5, 0.6) is 0 Å². The highest BCUT2D eigenvalue weighted by molar-refractivity contribution is 7.91. The molecule has 0 bridgehead atoms. The number of hydrogen-bond acceptors (Lipinski definition) is 4. The van der Waals surface area contributed by atoms with Gasteiger partial charge in [-0.1, -0.05) is 19.1 Å². The zero-order valence-corrected chi connectivity index (χ0v) is 14.1. The van der Waals surface area contributed by atoms with Gasteiger partial charge in [0.2, 0.25) is 0 Å². The molecule has 24 heavy (non-hydrogen) atoms. The SMILES string of the molecule is CCS(=O)(=O)c1ccc2nc(-c3ccc(C(=O)NC)cc3)[nH]c2c1. The number of benzene rings is 2. The number of carbonyl (C=O) groups is 1. The molecule has 2 aromatic carbocycles. The van der Waals surface area contributed by atoms with Gasteiger partial charge in [0.05, 0.1) is 21.7 Å². The van der Waals surface area contributed by atoms with E-state index in [2.05, 4.69) is 15.3 Å². The molecular weight excluding hydrogens is 326 g/mol. The average molecular weight is 343 g/mol. The molecule has 3 aromatic rings. The molecule has 1 amide bonds. The molecular formula is C17H17N3O3S. The van der Waals surface area contributed by atoms with Crippen LogP contribution in [-0.2, 0) is 9.84 Å². The Morgan fingerprint density at radius 3 is 2.50 bits per heavy atom. The van der Waals surface area contributed by atoms with Crippen LogP contribution in [0, 0.1) is 0 Å². The molecule has 1 aromatic heterocycles. The van der Waals surface area contributed by atoms with E-state index < -0.39 is 9.84 Å². The van der Waals surface area contributed by atoms with Gasteiger partial charge in [-0.3, -0.25) is 4.79 Å². The number of imidazole rings is 1. The van der Waals surface area contributed by atoms with Gasteiger partial charge in [0.25, 0.3) is 5.91 Å². The van der Waals surface area contributed by atoms with Crippen molar-refractivity contribution < 1.29 is 13.2 Å². The minimum atomic E-state index is -3.26. The summed E-state index contributed by atoms with van der Waals surface area (Å²) >= 11 is 0. The predicted molar refractivity (Wildman–Crippen MR) is 92.6 cm³/mol. The minimum absolute atomic E-state index is 0.0560. The van der Waals surface area contributed by atoms with E-state index in [4.69, 9.17) is 0 Å². The first-order valence-corrected chi connectivity index (χ1v) is 9.15. The van der Waals surface area contributed by atoms with Crippen molar-refractivity contribution in [2.45, 2.75) is 11.8 Å². The average Bonchev–Trinajstić information content (AvgIpc) is 3.04. The summed E-state index contributed by atoms with van der Waals surface area (Å²) in [6, 6.07) is 11.9. The fourth-order valence-electron chi connectivity index (χ4n) is 2.41. The standard InChI is InChI=1S/C17H17N3O3S/c1-3-24(22,23)13-8-9-14-15(10-13)20-16(19-14)11-4-6-12(7-5-11)17(21)18-2/h4-10H,3H2,1-2H3,(H,18,21)(H,19,20). The molecule has 3 rings (SSSR count). The van der Waals surface area contributed by atoms with Gasteiger partial charge in [-0.15, -0.1) is 0 Å². The maximum atomic E-state index is 12.0. The molecule has 0 aliphatic heterocycles. The quantitative estimate of drug-likeness (QED) is 0.761. The smallest absolute Gasteiger partial charge is 0.251 e. The van der Waals surface area contributed by atoms with Gasteiger partial charge in [-0.05, 0) is 30.3 Å². The number of sulfone groups is 1. The summed E-state index contributed by atoms with van der Waals surface area (Å²) in [6.07, 6.45) is 0. The minimum Gasteiger partial charge on any atom is -0.355 e. The van der Waals surface area contributed by atoms with Gasteiger partial charge in [-0.25, -0.2) is 13.4 Å². The molecule has 2 N–H and O–H groups in total. The third kappa shape index (κ3) is 2.90. The lowest BCUT2D eigenvalue weighted by Crippen LogP contribution is -2.17. The second-order valence-electron chi connectivity index (χ2n) is 5.32. The Morgan fingerprint density at radius 1 is 1.17 bits per heavy atom. The lowest BCUT2D eigenvalue weighted by molar-refractivity contribution is 0.0963. The summed E-state index contributed by atoms with van der Waals surface area (Å²) in [4.78, 5) is 19.5. The molecule has 0 aliphatic carbocycles. The summed E-state index contributed by atoms with van der Waals surface area (Å²) in [6.45, 7) is 1.62. The van der Waals surface area contributed by atoms with Crippen molar-refractivity contribution in [3.63, 3.8) is 0 Å². The molecule has 1 heterocycles. The van der Waals surface area contributed by atoms with Crippen LogP contribution in [0.2, 0.25) is 0 Å². The normalized spacial score (nSPS) is 11.6. The Labute approximate surface area is 139 Å². The van der Waals surface area contributed by atoms with Gasteiger partial charge >= 0.3 is 0 Å². The molecule has 0 spiro atoms. The zero-order valence-electron chi connectivity index (χ0n) is 13.3. The monoisotopic (exact) mass is 343 g/mol. The van der Waals surface area contributed by atoms with E-state index in [1.807, 2.05) is 0 Å². The van der Waals surface area contributed by atoms with Crippen molar-refractivity contribution in [3.05, 3.63) is 48.0 Å². The lowest BCUT2D eigenvalue weighted by Gasteiger charge is -2.01. The van der Waals surface area contributed by atoms with E-state index in [0.717, 1.165) is 5.56 Å². The zero-order chi connectivity index (χ0) is 17.3. The van der Waals surface area contributed by atoms with E-state index in [0.29, 0.717) is 22.4 Å². The van der Waals surface area contributed by atoms with E-state index in [-0.39, 0.29) is 16.6 Å². The van der Waals surface area contributed by atoms with Crippen molar-refractivity contribution in [1.82, 2.24) is 15.3 Å². The molecule has 0 unspecified atom stereocenters. The van der Waals surface area contributed by atoms with Gasteiger partial charge in [0.15, 0.2) is 9.84 Å². The maximum absolute atomic E-state index is 12.0. The summed E-state index contributed by atoms with van der Waals surface area (Å²) in [7, 11) is -1.67. The first-order chi connectivity index (χ1) is 11.4. The number of nitrogens with zero attached hydrogens (tertiary/aromatic N) is 1. The first kappa shape index (κ1) is 16.2. The van der Waals surface area contributed by atoms with E-state index in [1.165, 1.54) is 0 Å². The number of hydrogen-bond donors (Lipinski definition) is 2. The van der Waals surface area contributed by atoms with Crippen molar-refractivity contribution in [3.8, 4) is 11.4 Å². The topological polar surface area (TPSA) is 91.9 Å². The summed E-state index contributed by atoms with van der Waals surface area (Å²) in [5.74, 6) is 0.528. The van der Waals surface area contributed by atoms with Crippen LogP contribution >= 0.6 is 0 Å². The molecule has 0 saturated carbocycles. The van der Waals surface area contributed by atoms with E-state index in [1.54, 1.807) is 56.4 Å². The number of H-pyrrole nitrogens is 1. The molecule has 0 radical (unpaired) electrons. The van der Waals surface area contributed by atoms with Crippen LogP contribution in [0.15, 0.2) is 47.4 Å². The van der Waals surface area contributed by atoms with Crippen LogP contribution in [0.3, 0.4) is 0 Å². The first-order valence-electron chi connectivity index (χ1n) is 7.49. The van der Waals surface area contributed by atoms with Crippen molar-refractivity contribution in [1.29, 1.82) is 0 Å².